The van der Waals surface area contributed by atoms with Gasteiger partial charge in [0.05, 0.1) is 13.2 Å². The van der Waals surface area contributed by atoms with E-state index in [4.69, 9.17) is 15.2 Å². The number of likely N-dealkylation sites (tertiary alicyclic amines) is 1. The molecule has 18 heavy (non-hydrogen) atoms. The highest BCUT2D eigenvalue weighted by atomic mass is 16.5. The van der Waals surface area contributed by atoms with E-state index in [0.29, 0.717) is 26.0 Å². The summed E-state index contributed by atoms with van der Waals surface area (Å²) in [4.78, 5) is 25.4. The molecule has 1 amide bonds. The number of piperidine rings is 1. The second-order valence-corrected chi connectivity index (χ2v) is 4.45. The number of hydrogen-bond donors (Lipinski definition) is 1. The molecule has 1 aliphatic heterocycles. The number of nitrogens with two attached hydrogens (primary N) is 1. The van der Waals surface area contributed by atoms with Crippen molar-refractivity contribution in [2.75, 3.05) is 27.4 Å². The maximum atomic E-state index is 12.2. The number of methoxy groups -OCH3 is 2. The van der Waals surface area contributed by atoms with Gasteiger partial charge in [0.2, 0.25) is 5.91 Å². The number of rotatable bonds is 5. The van der Waals surface area contributed by atoms with E-state index in [0.717, 1.165) is 12.8 Å². The standard InChI is InChI=1S/C12H22N2O4/c1-17-8-6-9(13)11(15)14-7-4-3-5-10(14)12(16)18-2/h9-10H,3-8,13H2,1-2H3. The van der Waals surface area contributed by atoms with Gasteiger partial charge in [-0.05, 0) is 25.7 Å². The van der Waals surface area contributed by atoms with Crippen LogP contribution in [0.3, 0.4) is 0 Å². The van der Waals surface area contributed by atoms with Crippen LogP contribution in [0, 0.1) is 0 Å². The van der Waals surface area contributed by atoms with E-state index in [1.54, 1.807) is 12.0 Å². The van der Waals surface area contributed by atoms with E-state index < -0.39 is 12.1 Å². The Morgan fingerprint density at radius 3 is 2.72 bits per heavy atom. The van der Waals surface area contributed by atoms with Gasteiger partial charge in [0, 0.05) is 20.3 Å². The predicted octanol–water partition coefficient (Wildman–Crippen LogP) is -0.0957. The molecule has 1 saturated heterocycles. The molecule has 0 spiro atoms. The number of ether oxygens (including phenoxy) is 2. The molecule has 2 atom stereocenters. The lowest BCUT2D eigenvalue weighted by Crippen LogP contribution is -2.54. The zero-order valence-electron chi connectivity index (χ0n) is 11.1. The normalized spacial score (nSPS) is 21.5. The van der Waals surface area contributed by atoms with Crippen molar-refractivity contribution in [2.24, 2.45) is 5.73 Å². The second kappa shape index (κ2) is 7.33. The zero-order chi connectivity index (χ0) is 13.5. The molecule has 6 heteroatoms. The molecule has 2 N–H and O–H groups in total. The number of carbonyl (C=O) groups is 2. The van der Waals surface area contributed by atoms with Crippen LogP contribution in [0.25, 0.3) is 0 Å². The van der Waals surface area contributed by atoms with Crippen LogP contribution < -0.4 is 5.73 Å². The van der Waals surface area contributed by atoms with Gasteiger partial charge in [0.15, 0.2) is 0 Å². The van der Waals surface area contributed by atoms with Gasteiger partial charge in [-0.2, -0.15) is 0 Å². The van der Waals surface area contributed by atoms with Crippen molar-refractivity contribution in [1.29, 1.82) is 0 Å². The minimum absolute atomic E-state index is 0.192. The van der Waals surface area contributed by atoms with Crippen molar-refractivity contribution in [3.63, 3.8) is 0 Å². The van der Waals surface area contributed by atoms with Crippen LogP contribution in [-0.2, 0) is 19.1 Å². The van der Waals surface area contributed by atoms with E-state index in [-0.39, 0.29) is 11.9 Å². The smallest absolute Gasteiger partial charge is 0.328 e. The van der Waals surface area contributed by atoms with Gasteiger partial charge in [-0.25, -0.2) is 4.79 Å². The Morgan fingerprint density at radius 1 is 1.39 bits per heavy atom. The third-order valence-electron chi connectivity index (χ3n) is 3.21. The van der Waals surface area contributed by atoms with Crippen LogP contribution in [-0.4, -0.2) is 56.2 Å². The number of carbonyl (C=O) groups excluding carboxylic acids is 2. The minimum atomic E-state index is -0.616. The molecule has 1 heterocycles. The molecule has 0 aliphatic carbocycles. The summed E-state index contributed by atoms with van der Waals surface area (Å²) < 4.78 is 9.64. The predicted molar refractivity (Wildman–Crippen MR) is 65.8 cm³/mol. The van der Waals surface area contributed by atoms with Crippen molar-refractivity contribution < 1.29 is 19.1 Å². The first-order chi connectivity index (χ1) is 8.61. The van der Waals surface area contributed by atoms with Crippen molar-refractivity contribution >= 4 is 11.9 Å². The Bertz CT molecular complexity index is 296. The van der Waals surface area contributed by atoms with Gasteiger partial charge < -0.3 is 20.1 Å². The van der Waals surface area contributed by atoms with Crippen LogP contribution in [0.1, 0.15) is 25.7 Å². The maximum absolute atomic E-state index is 12.2. The molecule has 1 rings (SSSR count). The van der Waals surface area contributed by atoms with Crippen molar-refractivity contribution in [1.82, 2.24) is 4.90 Å². The summed E-state index contributed by atoms with van der Waals surface area (Å²) in [5.74, 6) is -0.552. The molecule has 2 unspecified atom stereocenters. The van der Waals surface area contributed by atoms with Gasteiger partial charge >= 0.3 is 5.97 Å². The highest BCUT2D eigenvalue weighted by Gasteiger charge is 2.34. The Morgan fingerprint density at radius 2 is 2.11 bits per heavy atom. The fourth-order valence-electron chi connectivity index (χ4n) is 2.16. The quantitative estimate of drug-likeness (QED) is 0.697. The Labute approximate surface area is 107 Å². The molecule has 1 fully saturated rings. The number of esters is 1. The van der Waals surface area contributed by atoms with Gasteiger partial charge in [0.1, 0.15) is 6.04 Å². The van der Waals surface area contributed by atoms with Crippen molar-refractivity contribution in [3.8, 4) is 0 Å². The third-order valence-corrected chi connectivity index (χ3v) is 3.21. The van der Waals surface area contributed by atoms with Crippen LogP contribution >= 0.6 is 0 Å². The number of nitrogens with zero attached hydrogens (tertiary/aromatic N) is 1. The highest BCUT2D eigenvalue weighted by Crippen LogP contribution is 2.19. The largest absolute Gasteiger partial charge is 0.467 e. The summed E-state index contributed by atoms with van der Waals surface area (Å²) in [6.07, 6.45) is 2.93. The molecule has 104 valence electrons. The van der Waals surface area contributed by atoms with Crippen LogP contribution in [0.2, 0.25) is 0 Å². The van der Waals surface area contributed by atoms with E-state index in [1.165, 1.54) is 7.11 Å². The fraction of sp³-hybridized carbons (Fsp3) is 0.833. The SMILES string of the molecule is COCCC(N)C(=O)N1CCCCC1C(=O)OC. The molecular weight excluding hydrogens is 236 g/mol. The molecule has 0 aromatic carbocycles. The van der Waals surface area contributed by atoms with E-state index in [9.17, 15) is 9.59 Å². The first-order valence-corrected chi connectivity index (χ1v) is 6.24. The van der Waals surface area contributed by atoms with Gasteiger partial charge in [-0.1, -0.05) is 0 Å². The van der Waals surface area contributed by atoms with Crippen molar-refractivity contribution in [3.05, 3.63) is 0 Å². The molecule has 1 aliphatic rings. The first kappa shape index (κ1) is 14.9. The van der Waals surface area contributed by atoms with Gasteiger partial charge in [-0.3, -0.25) is 4.79 Å². The highest BCUT2D eigenvalue weighted by molar-refractivity contribution is 5.87. The molecule has 0 radical (unpaired) electrons. The first-order valence-electron chi connectivity index (χ1n) is 6.24. The van der Waals surface area contributed by atoms with Crippen LogP contribution in [0.4, 0.5) is 0 Å². The average Bonchev–Trinajstić information content (AvgIpc) is 2.43. The van der Waals surface area contributed by atoms with E-state index in [2.05, 4.69) is 0 Å². The van der Waals surface area contributed by atoms with Gasteiger partial charge in [-0.15, -0.1) is 0 Å². The summed E-state index contributed by atoms with van der Waals surface area (Å²) in [6, 6.07) is -1.10. The lowest BCUT2D eigenvalue weighted by molar-refractivity contribution is -0.155. The number of amides is 1. The molecule has 0 aromatic heterocycles. The van der Waals surface area contributed by atoms with E-state index >= 15 is 0 Å². The maximum Gasteiger partial charge on any atom is 0.328 e. The molecule has 0 aromatic rings. The zero-order valence-corrected chi connectivity index (χ0v) is 11.1. The van der Waals surface area contributed by atoms with Crippen molar-refractivity contribution in [2.45, 2.75) is 37.8 Å². The monoisotopic (exact) mass is 258 g/mol. The van der Waals surface area contributed by atoms with Gasteiger partial charge in [0.25, 0.3) is 0 Å². The topological polar surface area (TPSA) is 81.9 Å². The lowest BCUT2D eigenvalue weighted by atomic mass is 10.0. The van der Waals surface area contributed by atoms with Crippen LogP contribution in [0.15, 0.2) is 0 Å². The molecular formula is C12H22N2O4. The summed E-state index contributed by atoms with van der Waals surface area (Å²) in [5.41, 5.74) is 5.81. The second-order valence-electron chi connectivity index (χ2n) is 4.45. The fourth-order valence-corrected chi connectivity index (χ4v) is 2.16. The Balaban J connectivity index is 2.64. The summed E-state index contributed by atoms with van der Waals surface area (Å²) >= 11 is 0. The average molecular weight is 258 g/mol. The summed E-state index contributed by atoms with van der Waals surface area (Å²) in [7, 11) is 2.90. The molecule has 6 nitrogen and oxygen atoms in total. The summed E-state index contributed by atoms with van der Waals surface area (Å²) in [5, 5.41) is 0. The third kappa shape index (κ3) is 3.68. The lowest BCUT2D eigenvalue weighted by Gasteiger charge is -2.35. The van der Waals surface area contributed by atoms with Crippen LogP contribution in [0.5, 0.6) is 0 Å². The molecule has 0 bridgehead atoms. The Kier molecular flexibility index (Phi) is 6.07. The Hall–Kier alpha value is -1.14. The number of hydrogen-bond acceptors (Lipinski definition) is 5. The minimum Gasteiger partial charge on any atom is -0.467 e. The molecule has 0 saturated carbocycles. The summed E-state index contributed by atoms with van der Waals surface area (Å²) in [6.45, 7) is 1.00. The van der Waals surface area contributed by atoms with E-state index in [1.807, 2.05) is 0 Å².